The van der Waals surface area contributed by atoms with Gasteiger partial charge in [0.15, 0.2) is 6.10 Å². The van der Waals surface area contributed by atoms with E-state index in [-0.39, 0.29) is 31.1 Å². The van der Waals surface area contributed by atoms with Crippen molar-refractivity contribution in [2.45, 2.75) is 252 Å². The van der Waals surface area contributed by atoms with Gasteiger partial charge in [-0.1, -0.05) is 216 Å². The predicted molar refractivity (Wildman–Crippen MR) is 265 cm³/mol. The van der Waals surface area contributed by atoms with Crippen molar-refractivity contribution in [3.63, 3.8) is 0 Å². The second-order valence-corrected chi connectivity index (χ2v) is 17.1. The normalized spacial score (nSPS) is 12.6. The number of hydrogen-bond acceptors (Lipinski definition) is 6. The Kier molecular flexibility index (Phi) is 47.9. The molecule has 0 saturated heterocycles. The fourth-order valence-electron chi connectivity index (χ4n) is 7.06. The summed E-state index contributed by atoms with van der Waals surface area (Å²) >= 11 is 0. The maximum Gasteiger partial charge on any atom is 0.306 e. The Morgan fingerprint density at radius 1 is 0.339 bits per heavy atom. The highest BCUT2D eigenvalue weighted by Crippen LogP contribution is 2.15. The Hall–Kier alpha value is -3.15. The van der Waals surface area contributed by atoms with Gasteiger partial charge in [0.1, 0.15) is 13.2 Å². The molecule has 6 nitrogen and oxygen atoms in total. The third-order valence-corrected chi connectivity index (χ3v) is 10.9. The summed E-state index contributed by atoms with van der Waals surface area (Å²) in [7, 11) is 0. The Morgan fingerprint density at radius 3 is 1.08 bits per heavy atom. The molecule has 0 aromatic heterocycles. The number of esters is 3. The van der Waals surface area contributed by atoms with Crippen LogP contribution in [-0.2, 0) is 28.6 Å². The lowest BCUT2D eigenvalue weighted by atomic mass is 10.0. The SMILES string of the molecule is CC/C=C\C/C=C\C/C=C\C/C=C\C/C=C\CCCCCC(=O)OCC(COC(=O)CCC/C=C\CCCCCC)OC(=O)CCCCCCCCCCCCCCCCCC. The van der Waals surface area contributed by atoms with Gasteiger partial charge in [0, 0.05) is 19.3 Å². The Morgan fingerprint density at radius 2 is 0.645 bits per heavy atom. The number of allylic oxidation sites excluding steroid dienone is 12. The van der Waals surface area contributed by atoms with Crippen LogP contribution in [-0.4, -0.2) is 37.2 Å². The first-order valence-corrected chi connectivity index (χ1v) is 25.9. The number of carbonyl (C=O) groups is 3. The van der Waals surface area contributed by atoms with E-state index in [4.69, 9.17) is 14.2 Å². The molecule has 0 aliphatic rings. The van der Waals surface area contributed by atoms with Crippen LogP contribution in [0.2, 0.25) is 0 Å². The molecule has 0 fully saturated rings. The number of hydrogen-bond donors (Lipinski definition) is 0. The van der Waals surface area contributed by atoms with Gasteiger partial charge in [-0.2, -0.15) is 0 Å². The van der Waals surface area contributed by atoms with Gasteiger partial charge in [-0.3, -0.25) is 14.4 Å². The van der Waals surface area contributed by atoms with Crippen LogP contribution >= 0.6 is 0 Å². The van der Waals surface area contributed by atoms with E-state index in [2.05, 4.69) is 93.7 Å². The van der Waals surface area contributed by atoms with Crippen molar-refractivity contribution in [1.82, 2.24) is 0 Å². The zero-order valence-corrected chi connectivity index (χ0v) is 40.6. The second kappa shape index (κ2) is 50.5. The topological polar surface area (TPSA) is 78.9 Å². The highest BCUT2D eigenvalue weighted by molar-refractivity contribution is 5.71. The summed E-state index contributed by atoms with van der Waals surface area (Å²) in [6, 6.07) is 0. The molecule has 0 aliphatic carbocycles. The molecule has 0 bridgehead atoms. The van der Waals surface area contributed by atoms with Crippen LogP contribution in [0.5, 0.6) is 0 Å². The Labute approximate surface area is 382 Å². The molecule has 1 unspecified atom stereocenters. The number of unbranched alkanes of at least 4 members (excludes halogenated alkanes) is 23. The van der Waals surface area contributed by atoms with Gasteiger partial charge in [-0.15, -0.1) is 0 Å². The van der Waals surface area contributed by atoms with Crippen molar-refractivity contribution in [3.05, 3.63) is 72.9 Å². The lowest BCUT2D eigenvalue weighted by Gasteiger charge is -2.18. The maximum absolute atomic E-state index is 12.8. The molecule has 0 aliphatic heterocycles. The monoisotopic (exact) mass is 865 g/mol. The highest BCUT2D eigenvalue weighted by atomic mass is 16.6. The molecular weight excluding hydrogens is 769 g/mol. The minimum atomic E-state index is -0.796. The fourth-order valence-corrected chi connectivity index (χ4v) is 7.06. The summed E-state index contributed by atoms with van der Waals surface area (Å²) in [5, 5.41) is 0. The summed E-state index contributed by atoms with van der Waals surface area (Å²) in [5.74, 6) is -0.961. The van der Waals surface area contributed by atoms with Crippen LogP contribution in [0.15, 0.2) is 72.9 Å². The quantitative estimate of drug-likeness (QED) is 0.0262. The molecule has 62 heavy (non-hydrogen) atoms. The van der Waals surface area contributed by atoms with Gasteiger partial charge in [-0.05, 0) is 83.5 Å². The fraction of sp³-hybridized carbons (Fsp3) is 0.732. The first-order valence-electron chi connectivity index (χ1n) is 25.9. The minimum Gasteiger partial charge on any atom is -0.462 e. The predicted octanol–water partition coefficient (Wildman–Crippen LogP) is 17.0. The van der Waals surface area contributed by atoms with Crippen LogP contribution < -0.4 is 0 Å². The van der Waals surface area contributed by atoms with Crippen LogP contribution in [0.3, 0.4) is 0 Å². The van der Waals surface area contributed by atoms with Crippen LogP contribution in [0, 0.1) is 0 Å². The summed E-state index contributed by atoms with van der Waals surface area (Å²) in [6.07, 6.45) is 63.3. The summed E-state index contributed by atoms with van der Waals surface area (Å²) in [6.45, 7) is 6.44. The van der Waals surface area contributed by atoms with Crippen molar-refractivity contribution in [3.8, 4) is 0 Å². The van der Waals surface area contributed by atoms with Crippen LogP contribution in [0.4, 0.5) is 0 Å². The molecule has 0 spiro atoms. The molecule has 356 valence electrons. The van der Waals surface area contributed by atoms with Crippen LogP contribution in [0.25, 0.3) is 0 Å². The molecular formula is C56H96O6. The first kappa shape index (κ1) is 58.9. The van der Waals surface area contributed by atoms with Gasteiger partial charge in [0.05, 0.1) is 0 Å². The first-order chi connectivity index (χ1) is 30.5. The molecule has 0 aromatic rings. The van der Waals surface area contributed by atoms with E-state index >= 15 is 0 Å². The summed E-state index contributed by atoms with van der Waals surface area (Å²) in [5.41, 5.74) is 0. The third kappa shape index (κ3) is 47.9. The van der Waals surface area contributed by atoms with E-state index in [1.54, 1.807) is 0 Å². The van der Waals surface area contributed by atoms with Gasteiger partial charge in [0.25, 0.3) is 0 Å². The lowest BCUT2D eigenvalue weighted by molar-refractivity contribution is -0.167. The third-order valence-electron chi connectivity index (χ3n) is 10.9. The number of ether oxygens (including phenoxy) is 3. The van der Waals surface area contributed by atoms with Crippen molar-refractivity contribution in [2.75, 3.05) is 13.2 Å². The van der Waals surface area contributed by atoms with Crippen molar-refractivity contribution in [2.24, 2.45) is 0 Å². The van der Waals surface area contributed by atoms with Gasteiger partial charge in [-0.25, -0.2) is 0 Å². The largest absolute Gasteiger partial charge is 0.462 e. The van der Waals surface area contributed by atoms with Gasteiger partial charge < -0.3 is 14.2 Å². The lowest BCUT2D eigenvalue weighted by Crippen LogP contribution is -2.30. The smallest absolute Gasteiger partial charge is 0.306 e. The Bertz CT molecular complexity index is 1180. The highest BCUT2D eigenvalue weighted by Gasteiger charge is 2.19. The van der Waals surface area contributed by atoms with E-state index in [0.717, 1.165) is 89.9 Å². The van der Waals surface area contributed by atoms with Crippen molar-refractivity contribution >= 4 is 17.9 Å². The van der Waals surface area contributed by atoms with Gasteiger partial charge >= 0.3 is 17.9 Å². The van der Waals surface area contributed by atoms with Crippen molar-refractivity contribution < 1.29 is 28.6 Å². The van der Waals surface area contributed by atoms with E-state index in [0.29, 0.717) is 25.7 Å². The molecule has 1 atom stereocenters. The molecule has 0 radical (unpaired) electrons. The van der Waals surface area contributed by atoms with Crippen LogP contribution in [0.1, 0.15) is 245 Å². The molecule has 0 amide bonds. The molecule has 0 rings (SSSR count). The zero-order valence-electron chi connectivity index (χ0n) is 40.6. The number of rotatable bonds is 46. The summed E-state index contributed by atoms with van der Waals surface area (Å²) < 4.78 is 16.7. The van der Waals surface area contributed by atoms with Gasteiger partial charge in [0.2, 0.25) is 0 Å². The molecule has 0 aromatic carbocycles. The second-order valence-electron chi connectivity index (χ2n) is 17.1. The van der Waals surface area contributed by atoms with E-state index < -0.39 is 6.10 Å². The zero-order chi connectivity index (χ0) is 45.1. The average Bonchev–Trinajstić information content (AvgIpc) is 3.27. The van der Waals surface area contributed by atoms with E-state index in [1.807, 2.05) is 0 Å². The average molecular weight is 865 g/mol. The standard InChI is InChI=1S/C56H96O6/c1-4-7-10-13-16-19-21-23-25-27-28-29-31-32-34-37-40-43-46-49-55(58)61-52-53(51-60-54(57)48-45-42-39-36-18-15-12-9-6-3)62-56(59)50-47-44-41-38-35-33-30-26-24-22-20-17-14-11-8-5-2/h7,10,16,19,23,25,28-29,32,34,36,39,53H,4-6,8-9,11-15,17-18,20-22,24,26-27,30-31,33,35,37-38,40-52H2,1-3H3/b10-7-,19-16-,25-23-,29-28-,34-32-,39-36-. The molecule has 0 N–H and O–H groups in total. The molecule has 6 heteroatoms. The summed E-state index contributed by atoms with van der Waals surface area (Å²) in [4.78, 5) is 37.9. The molecule has 0 saturated carbocycles. The minimum absolute atomic E-state index is 0.0996. The maximum atomic E-state index is 12.8. The molecule has 0 heterocycles. The number of carbonyl (C=O) groups excluding carboxylic acids is 3. The van der Waals surface area contributed by atoms with E-state index in [9.17, 15) is 14.4 Å². The van der Waals surface area contributed by atoms with E-state index in [1.165, 1.54) is 109 Å². The Balaban J connectivity index is 4.39. The van der Waals surface area contributed by atoms with Crippen molar-refractivity contribution in [1.29, 1.82) is 0 Å².